The van der Waals surface area contributed by atoms with E-state index < -0.39 is 0 Å². The lowest BCUT2D eigenvalue weighted by Gasteiger charge is -2.15. The van der Waals surface area contributed by atoms with Crippen LogP contribution in [-0.4, -0.2) is 12.6 Å². The van der Waals surface area contributed by atoms with Crippen molar-refractivity contribution >= 4 is 17.6 Å². The van der Waals surface area contributed by atoms with Gasteiger partial charge in [-0.05, 0) is 61.3 Å². The van der Waals surface area contributed by atoms with Crippen molar-refractivity contribution in [3.8, 4) is 0 Å². The average molecular weight is 449 g/mol. The van der Waals surface area contributed by atoms with Gasteiger partial charge in [0.2, 0.25) is 0 Å². The highest BCUT2D eigenvalue weighted by molar-refractivity contribution is 6.17. The van der Waals surface area contributed by atoms with Crippen molar-refractivity contribution in [3.63, 3.8) is 0 Å². The lowest BCUT2D eigenvalue weighted by molar-refractivity contribution is 0.0548. The van der Waals surface area contributed by atoms with Gasteiger partial charge < -0.3 is 4.74 Å². The molecule has 1 aromatic carbocycles. The van der Waals surface area contributed by atoms with Crippen molar-refractivity contribution in [2.75, 3.05) is 6.61 Å². The molecule has 0 amide bonds. The Hall–Kier alpha value is -1.28. The Morgan fingerprint density at radius 1 is 0.968 bits per heavy atom. The van der Waals surface area contributed by atoms with Crippen LogP contribution in [0.5, 0.6) is 0 Å². The summed E-state index contributed by atoms with van der Waals surface area (Å²) in [4.78, 5) is 12.1. The second kappa shape index (κ2) is 16.4. The Balaban J connectivity index is 2.14. The summed E-state index contributed by atoms with van der Waals surface area (Å²) in [6.45, 7) is 11.9. The first kappa shape index (κ1) is 27.8. The van der Waals surface area contributed by atoms with Gasteiger partial charge in [-0.15, -0.1) is 11.6 Å². The number of allylic oxidation sites excluding steroid dienone is 1. The van der Waals surface area contributed by atoms with Crippen LogP contribution in [0.15, 0.2) is 35.9 Å². The van der Waals surface area contributed by atoms with Gasteiger partial charge in [-0.3, -0.25) is 0 Å². The third-order valence-electron chi connectivity index (χ3n) is 6.10. The smallest absolute Gasteiger partial charge is 0.338 e. The van der Waals surface area contributed by atoms with Gasteiger partial charge in [0.15, 0.2) is 0 Å². The Labute approximate surface area is 196 Å². The molecule has 0 fully saturated rings. The molecule has 0 aliphatic heterocycles. The average Bonchev–Trinajstić information content (AvgIpc) is 2.73. The van der Waals surface area contributed by atoms with Crippen LogP contribution in [0.3, 0.4) is 0 Å². The van der Waals surface area contributed by atoms with E-state index in [9.17, 15) is 4.79 Å². The number of halogens is 1. The molecule has 2 unspecified atom stereocenters. The number of carbonyl (C=O) groups is 1. The molecule has 3 heteroatoms. The molecule has 1 aromatic rings. The number of alkyl halides is 1. The molecule has 2 nitrogen and oxygen atoms in total. The van der Waals surface area contributed by atoms with E-state index >= 15 is 0 Å². The number of ether oxygens (including phenoxy) is 1. The van der Waals surface area contributed by atoms with Crippen molar-refractivity contribution in [2.45, 2.75) is 98.3 Å². The predicted octanol–water partition coefficient (Wildman–Crippen LogP) is 8.97. The van der Waals surface area contributed by atoms with E-state index in [0.29, 0.717) is 18.1 Å². The summed E-state index contributed by atoms with van der Waals surface area (Å²) in [5.41, 5.74) is 2.79. The van der Waals surface area contributed by atoms with Crippen LogP contribution in [0, 0.1) is 17.8 Å². The number of carbonyl (C=O) groups excluding carboxylic acids is 1. The summed E-state index contributed by atoms with van der Waals surface area (Å²) >= 11 is 5.83. The number of hydrogen-bond donors (Lipinski definition) is 0. The molecule has 0 spiro atoms. The van der Waals surface area contributed by atoms with Crippen LogP contribution in [0.4, 0.5) is 0 Å². The molecule has 1 rings (SSSR count). The fraction of sp³-hybridized carbons (Fsp3) is 0.679. The molecule has 0 aliphatic carbocycles. The molecule has 176 valence electrons. The second-order valence-electron chi connectivity index (χ2n) is 9.84. The maximum absolute atomic E-state index is 12.1. The Kier molecular flexibility index (Phi) is 14.7. The maximum atomic E-state index is 12.1. The fourth-order valence-corrected chi connectivity index (χ4v) is 4.10. The summed E-state index contributed by atoms with van der Waals surface area (Å²) in [6, 6.07) is 7.30. The highest BCUT2D eigenvalue weighted by Gasteiger charge is 2.08. The standard InChI is InChI=1S/C28H45ClO2/c1-22(2)10-6-11-23(3)12-7-13-24(4)14-8-15-25(5)18-19-31-28(30)27-17-9-16-26(20-27)21-29/h9,16-18,20,22-24H,6-8,10-15,19,21H2,1-5H3/b25-18+. The Morgan fingerprint density at radius 3 is 2.19 bits per heavy atom. The number of hydrogen-bond acceptors (Lipinski definition) is 2. The van der Waals surface area contributed by atoms with E-state index in [4.69, 9.17) is 16.3 Å². The van der Waals surface area contributed by atoms with Gasteiger partial charge in [0, 0.05) is 5.88 Å². The highest BCUT2D eigenvalue weighted by Crippen LogP contribution is 2.22. The van der Waals surface area contributed by atoms with Crippen LogP contribution in [-0.2, 0) is 10.6 Å². The van der Waals surface area contributed by atoms with Crippen molar-refractivity contribution in [3.05, 3.63) is 47.0 Å². The zero-order valence-corrected chi connectivity index (χ0v) is 21.3. The SMILES string of the molecule is C/C(=C\COC(=O)c1cccc(CCl)c1)CCCC(C)CCCC(C)CCCC(C)C. The fourth-order valence-electron chi connectivity index (χ4n) is 3.93. The molecule has 0 heterocycles. The van der Waals surface area contributed by atoms with E-state index in [1.54, 1.807) is 12.1 Å². The van der Waals surface area contributed by atoms with Gasteiger partial charge in [0.05, 0.1) is 5.56 Å². The topological polar surface area (TPSA) is 26.3 Å². The minimum Gasteiger partial charge on any atom is -0.458 e. The van der Waals surface area contributed by atoms with Crippen LogP contribution in [0.1, 0.15) is 108 Å². The molecule has 0 N–H and O–H groups in total. The van der Waals surface area contributed by atoms with Crippen molar-refractivity contribution in [1.29, 1.82) is 0 Å². The van der Waals surface area contributed by atoms with Gasteiger partial charge in [-0.2, -0.15) is 0 Å². The first-order valence-corrected chi connectivity index (χ1v) is 12.8. The quantitative estimate of drug-likeness (QED) is 0.143. The van der Waals surface area contributed by atoms with E-state index in [1.807, 2.05) is 18.2 Å². The summed E-state index contributed by atoms with van der Waals surface area (Å²) < 4.78 is 5.38. The molecule has 0 aromatic heterocycles. The van der Waals surface area contributed by atoms with Crippen LogP contribution < -0.4 is 0 Å². The predicted molar refractivity (Wildman–Crippen MR) is 135 cm³/mol. The molecule has 0 aliphatic rings. The van der Waals surface area contributed by atoms with Crippen molar-refractivity contribution in [1.82, 2.24) is 0 Å². The summed E-state index contributed by atoms with van der Waals surface area (Å²) in [5, 5.41) is 0. The Morgan fingerprint density at radius 2 is 1.58 bits per heavy atom. The third kappa shape index (κ3) is 13.7. The molecular weight excluding hydrogens is 404 g/mol. The minimum atomic E-state index is -0.289. The molecule has 2 atom stereocenters. The number of esters is 1. The van der Waals surface area contributed by atoms with Crippen LogP contribution >= 0.6 is 11.6 Å². The summed E-state index contributed by atoms with van der Waals surface area (Å²) in [7, 11) is 0. The molecule has 0 bridgehead atoms. The third-order valence-corrected chi connectivity index (χ3v) is 6.41. The first-order chi connectivity index (χ1) is 14.8. The van der Waals surface area contributed by atoms with Gasteiger partial charge in [0.25, 0.3) is 0 Å². The lowest BCUT2D eigenvalue weighted by atomic mass is 9.91. The monoisotopic (exact) mass is 448 g/mol. The lowest BCUT2D eigenvalue weighted by Crippen LogP contribution is -2.05. The first-order valence-electron chi connectivity index (χ1n) is 12.3. The molecular formula is C28H45ClO2. The molecule has 31 heavy (non-hydrogen) atoms. The number of benzene rings is 1. The van der Waals surface area contributed by atoms with Gasteiger partial charge in [-0.25, -0.2) is 4.79 Å². The summed E-state index contributed by atoms with van der Waals surface area (Å²) in [6.07, 6.45) is 13.8. The zero-order valence-electron chi connectivity index (χ0n) is 20.6. The highest BCUT2D eigenvalue weighted by atomic mass is 35.5. The van der Waals surface area contributed by atoms with Crippen molar-refractivity contribution < 1.29 is 9.53 Å². The molecule has 0 radical (unpaired) electrons. The second-order valence-corrected chi connectivity index (χ2v) is 10.1. The van der Waals surface area contributed by atoms with Crippen LogP contribution in [0.2, 0.25) is 0 Å². The van der Waals surface area contributed by atoms with E-state index in [2.05, 4.69) is 34.6 Å². The van der Waals surface area contributed by atoms with Crippen LogP contribution in [0.25, 0.3) is 0 Å². The van der Waals surface area contributed by atoms with Gasteiger partial charge in [-0.1, -0.05) is 90.3 Å². The van der Waals surface area contributed by atoms with Crippen molar-refractivity contribution in [2.24, 2.45) is 17.8 Å². The normalized spacial score (nSPS) is 14.0. The minimum absolute atomic E-state index is 0.289. The van der Waals surface area contributed by atoms with E-state index in [0.717, 1.165) is 29.7 Å². The van der Waals surface area contributed by atoms with E-state index in [-0.39, 0.29) is 5.97 Å². The summed E-state index contributed by atoms with van der Waals surface area (Å²) in [5.74, 6) is 2.61. The van der Waals surface area contributed by atoms with Gasteiger partial charge >= 0.3 is 5.97 Å². The zero-order chi connectivity index (χ0) is 23.1. The molecule has 0 saturated carbocycles. The molecule has 0 saturated heterocycles. The number of rotatable bonds is 16. The largest absolute Gasteiger partial charge is 0.458 e. The maximum Gasteiger partial charge on any atom is 0.338 e. The van der Waals surface area contributed by atoms with Gasteiger partial charge in [0.1, 0.15) is 6.61 Å². The Bertz CT molecular complexity index is 650. The van der Waals surface area contributed by atoms with E-state index in [1.165, 1.54) is 56.9 Å².